The summed E-state index contributed by atoms with van der Waals surface area (Å²) in [6.07, 6.45) is 4.17. The van der Waals surface area contributed by atoms with Gasteiger partial charge in [-0.2, -0.15) is 11.3 Å². The smallest absolute Gasteiger partial charge is 0.222 e. The highest BCUT2D eigenvalue weighted by molar-refractivity contribution is 7.07. The molecule has 2 aliphatic heterocycles. The Balaban J connectivity index is 1.28. The van der Waals surface area contributed by atoms with Crippen LogP contribution in [0.5, 0.6) is 0 Å². The van der Waals surface area contributed by atoms with Gasteiger partial charge in [0.1, 0.15) is 0 Å². The maximum atomic E-state index is 12.0. The average Bonchev–Trinajstić information content (AvgIpc) is 3.01. The largest absolute Gasteiger partial charge is 0.377 e. The van der Waals surface area contributed by atoms with E-state index < -0.39 is 0 Å². The van der Waals surface area contributed by atoms with E-state index in [1.165, 1.54) is 5.56 Å². The lowest BCUT2D eigenvalue weighted by atomic mass is 9.83. The van der Waals surface area contributed by atoms with Crippen molar-refractivity contribution in [3.8, 4) is 0 Å². The maximum Gasteiger partial charge on any atom is 0.222 e. The molecule has 1 amide bonds. The quantitative estimate of drug-likeness (QED) is 0.905. The number of amides is 1. The van der Waals surface area contributed by atoms with Gasteiger partial charge in [0.05, 0.1) is 19.1 Å². The zero-order valence-electron chi connectivity index (χ0n) is 12.9. The Bertz CT molecular complexity index is 515. The number of carbonyl (C=O) groups excluding carboxylic acids is 1. The van der Waals surface area contributed by atoms with Crippen LogP contribution in [0.1, 0.15) is 31.2 Å². The zero-order valence-corrected chi connectivity index (χ0v) is 13.7. The first-order chi connectivity index (χ1) is 10.8. The number of ether oxygens (including phenoxy) is 1. The average molecular weight is 320 g/mol. The van der Waals surface area contributed by atoms with Crippen LogP contribution in [0.25, 0.3) is 0 Å². The first-order valence-electron chi connectivity index (χ1n) is 8.42. The van der Waals surface area contributed by atoms with E-state index in [1.807, 2.05) is 0 Å². The van der Waals surface area contributed by atoms with Gasteiger partial charge in [-0.25, -0.2) is 0 Å². The number of thiophene rings is 1. The molecule has 1 N–H and O–H groups in total. The van der Waals surface area contributed by atoms with E-state index in [0.29, 0.717) is 24.3 Å². The third-order valence-electron chi connectivity index (χ3n) is 5.19. The van der Waals surface area contributed by atoms with Gasteiger partial charge in [0, 0.05) is 25.0 Å². The van der Waals surface area contributed by atoms with Crippen LogP contribution < -0.4 is 5.32 Å². The lowest BCUT2D eigenvalue weighted by molar-refractivity contribution is -0.123. The van der Waals surface area contributed by atoms with Crippen molar-refractivity contribution < 1.29 is 9.53 Å². The van der Waals surface area contributed by atoms with Gasteiger partial charge >= 0.3 is 0 Å². The van der Waals surface area contributed by atoms with Crippen LogP contribution in [0, 0.1) is 11.8 Å². The van der Waals surface area contributed by atoms with Crippen LogP contribution in [0.4, 0.5) is 0 Å². The highest BCUT2D eigenvalue weighted by Crippen LogP contribution is 2.36. The van der Waals surface area contributed by atoms with E-state index in [9.17, 15) is 4.79 Å². The van der Waals surface area contributed by atoms with E-state index in [-0.39, 0.29) is 12.0 Å². The number of carbonyl (C=O) groups is 1. The van der Waals surface area contributed by atoms with Crippen molar-refractivity contribution >= 4 is 17.2 Å². The summed E-state index contributed by atoms with van der Waals surface area (Å²) in [5.74, 6) is 1.36. The molecular formula is C17H24N2O2S. The van der Waals surface area contributed by atoms with Gasteiger partial charge in [0.15, 0.2) is 0 Å². The van der Waals surface area contributed by atoms with Crippen LogP contribution in [0.3, 0.4) is 0 Å². The van der Waals surface area contributed by atoms with Crippen molar-refractivity contribution in [3.05, 3.63) is 22.4 Å². The van der Waals surface area contributed by atoms with E-state index in [2.05, 4.69) is 27.0 Å². The summed E-state index contributed by atoms with van der Waals surface area (Å²) in [6.45, 7) is 4.12. The molecule has 0 radical (unpaired) electrons. The van der Waals surface area contributed by atoms with Gasteiger partial charge in [-0.3, -0.25) is 9.69 Å². The predicted molar refractivity (Wildman–Crippen MR) is 86.7 cm³/mol. The number of nitrogens with zero attached hydrogens (tertiary/aromatic N) is 1. The van der Waals surface area contributed by atoms with Gasteiger partial charge in [0.25, 0.3) is 0 Å². The Morgan fingerprint density at radius 3 is 3.09 bits per heavy atom. The summed E-state index contributed by atoms with van der Waals surface area (Å²) < 4.78 is 5.97. The second kappa shape index (κ2) is 6.30. The fraction of sp³-hybridized carbons (Fsp3) is 0.706. The minimum absolute atomic E-state index is 0.145. The van der Waals surface area contributed by atoms with E-state index >= 15 is 0 Å². The summed E-state index contributed by atoms with van der Waals surface area (Å²) >= 11 is 1.77. The van der Waals surface area contributed by atoms with Crippen molar-refractivity contribution in [1.82, 2.24) is 10.2 Å². The molecule has 1 aromatic rings. The molecule has 0 spiro atoms. The fourth-order valence-corrected chi connectivity index (χ4v) is 4.51. The van der Waals surface area contributed by atoms with E-state index in [1.54, 1.807) is 11.3 Å². The highest BCUT2D eigenvalue weighted by atomic mass is 32.1. The topological polar surface area (TPSA) is 41.6 Å². The van der Waals surface area contributed by atoms with Crippen molar-refractivity contribution in [3.63, 3.8) is 0 Å². The van der Waals surface area contributed by atoms with Crippen molar-refractivity contribution in [2.45, 2.75) is 44.4 Å². The molecule has 3 aliphatic rings. The molecule has 1 aromatic heterocycles. The number of rotatable bonds is 5. The van der Waals surface area contributed by atoms with Crippen molar-refractivity contribution in [2.75, 3.05) is 19.7 Å². The molecule has 120 valence electrons. The maximum absolute atomic E-state index is 12.0. The highest BCUT2D eigenvalue weighted by Gasteiger charge is 2.41. The summed E-state index contributed by atoms with van der Waals surface area (Å²) in [5, 5.41) is 7.47. The molecule has 4 nitrogen and oxygen atoms in total. The second-order valence-electron chi connectivity index (χ2n) is 7.00. The molecule has 0 unspecified atom stereocenters. The number of hydrogen-bond donors (Lipinski definition) is 1. The van der Waals surface area contributed by atoms with Gasteiger partial charge in [-0.15, -0.1) is 0 Å². The summed E-state index contributed by atoms with van der Waals surface area (Å²) in [5.41, 5.74) is 1.42. The Hall–Kier alpha value is -0.910. The van der Waals surface area contributed by atoms with Crippen LogP contribution in [0.2, 0.25) is 0 Å². The third kappa shape index (κ3) is 3.36. The summed E-state index contributed by atoms with van der Waals surface area (Å²) in [7, 11) is 0. The molecule has 3 atom stereocenters. The van der Waals surface area contributed by atoms with E-state index in [4.69, 9.17) is 4.74 Å². The first kappa shape index (κ1) is 14.7. The fourth-order valence-electron chi connectivity index (χ4n) is 3.85. The van der Waals surface area contributed by atoms with Crippen LogP contribution in [-0.2, 0) is 16.1 Å². The van der Waals surface area contributed by atoms with Gasteiger partial charge in [-0.05, 0) is 54.1 Å². The molecule has 3 heterocycles. The monoisotopic (exact) mass is 320 g/mol. The summed E-state index contributed by atoms with van der Waals surface area (Å²) in [4.78, 5) is 14.5. The van der Waals surface area contributed by atoms with E-state index in [0.717, 1.165) is 45.5 Å². The van der Waals surface area contributed by atoms with Crippen LogP contribution >= 0.6 is 11.3 Å². The lowest BCUT2D eigenvalue weighted by Gasteiger charge is -2.35. The SMILES string of the molecule is O=C(C[C@H]1OC[C@H]2CN(Cc3ccsc3)CC[C@H]21)NC1CC1. The Morgan fingerprint density at radius 1 is 1.41 bits per heavy atom. The van der Waals surface area contributed by atoms with Crippen molar-refractivity contribution in [1.29, 1.82) is 0 Å². The Labute approximate surface area is 135 Å². The molecule has 2 saturated heterocycles. The molecule has 0 aromatic carbocycles. The predicted octanol–water partition coefficient (Wildman–Crippen LogP) is 2.25. The lowest BCUT2D eigenvalue weighted by Crippen LogP contribution is -2.42. The normalized spacial score (nSPS) is 31.9. The Morgan fingerprint density at radius 2 is 2.32 bits per heavy atom. The molecule has 22 heavy (non-hydrogen) atoms. The summed E-state index contributed by atoms with van der Waals surface area (Å²) in [6, 6.07) is 2.67. The molecule has 5 heteroatoms. The van der Waals surface area contributed by atoms with Crippen LogP contribution in [0.15, 0.2) is 16.8 Å². The number of piperidine rings is 1. The minimum Gasteiger partial charge on any atom is -0.377 e. The third-order valence-corrected chi connectivity index (χ3v) is 5.93. The van der Waals surface area contributed by atoms with Gasteiger partial charge in [0.2, 0.25) is 5.91 Å². The number of hydrogen-bond acceptors (Lipinski definition) is 4. The number of nitrogens with one attached hydrogen (secondary N) is 1. The van der Waals surface area contributed by atoms with Gasteiger partial charge < -0.3 is 10.1 Å². The molecule has 0 bridgehead atoms. The molecule has 1 saturated carbocycles. The first-order valence-corrected chi connectivity index (χ1v) is 9.36. The van der Waals surface area contributed by atoms with Gasteiger partial charge in [-0.1, -0.05) is 0 Å². The standard InChI is InChI=1S/C17H24N2O2S/c20-17(18-14-1-2-14)7-16-15-3-5-19(9-13(15)10-21-16)8-12-4-6-22-11-12/h4,6,11,13-16H,1-3,5,7-10H2,(H,18,20)/t13-,15-,16-/m1/s1. The Kier molecular flexibility index (Phi) is 4.20. The molecule has 3 fully saturated rings. The van der Waals surface area contributed by atoms with Crippen LogP contribution in [-0.4, -0.2) is 42.6 Å². The number of likely N-dealkylation sites (tertiary alicyclic amines) is 1. The molecule has 4 rings (SSSR count). The zero-order chi connectivity index (χ0) is 14.9. The number of fused-ring (bicyclic) bond motifs is 1. The molecule has 1 aliphatic carbocycles. The molecular weight excluding hydrogens is 296 g/mol. The minimum atomic E-state index is 0.145. The van der Waals surface area contributed by atoms with Crippen molar-refractivity contribution in [2.24, 2.45) is 11.8 Å². The second-order valence-corrected chi connectivity index (χ2v) is 7.78.